The third-order valence-corrected chi connectivity index (χ3v) is 5.12. The highest BCUT2D eigenvalue weighted by atomic mass is 32.1. The molecule has 21 heavy (non-hydrogen) atoms. The first kappa shape index (κ1) is 15.9. The van der Waals surface area contributed by atoms with Crippen molar-refractivity contribution in [1.29, 1.82) is 0 Å². The third-order valence-electron chi connectivity index (χ3n) is 3.85. The van der Waals surface area contributed by atoms with Crippen molar-refractivity contribution in [3.63, 3.8) is 0 Å². The molecule has 1 aliphatic rings. The summed E-state index contributed by atoms with van der Waals surface area (Å²) < 4.78 is 0. The van der Waals surface area contributed by atoms with Crippen molar-refractivity contribution in [2.75, 3.05) is 18.1 Å². The van der Waals surface area contributed by atoms with Crippen LogP contribution in [-0.4, -0.2) is 35.0 Å². The second-order valence-electron chi connectivity index (χ2n) is 5.32. The van der Waals surface area contributed by atoms with E-state index in [-0.39, 0.29) is 24.1 Å². The zero-order chi connectivity index (χ0) is 15.4. The summed E-state index contributed by atoms with van der Waals surface area (Å²) in [6.45, 7) is 1.72. The molecule has 0 spiro atoms. The number of nitrogens with zero attached hydrogens (tertiary/aromatic N) is 2. The molecule has 2 rings (SSSR count). The fourth-order valence-corrected chi connectivity index (χ4v) is 3.95. The molecular formula is C14H20N2O4S. The smallest absolute Gasteiger partial charge is 0.304 e. The summed E-state index contributed by atoms with van der Waals surface area (Å²) in [6, 6.07) is 1.57. The molecule has 0 bridgehead atoms. The number of ketones is 1. The van der Waals surface area contributed by atoms with Crippen LogP contribution in [0.3, 0.4) is 0 Å². The van der Waals surface area contributed by atoms with E-state index in [0.717, 1.165) is 37.0 Å². The SMILES string of the molecule is CC(=O)c1cc([N+](=O)[O-])c(N(CCO)C2CCCCC2)s1. The summed E-state index contributed by atoms with van der Waals surface area (Å²) in [4.78, 5) is 24.7. The van der Waals surface area contributed by atoms with Crippen LogP contribution in [0.1, 0.15) is 48.7 Å². The Morgan fingerprint density at radius 2 is 2.14 bits per heavy atom. The van der Waals surface area contributed by atoms with Crippen molar-refractivity contribution in [2.24, 2.45) is 0 Å². The number of hydrogen-bond acceptors (Lipinski definition) is 6. The first-order chi connectivity index (χ1) is 10.0. The minimum Gasteiger partial charge on any atom is -0.395 e. The van der Waals surface area contributed by atoms with Gasteiger partial charge in [0.15, 0.2) is 10.8 Å². The molecule has 0 unspecified atom stereocenters. The van der Waals surface area contributed by atoms with Crippen LogP contribution in [-0.2, 0) is 0 Å². The van der Waals surface area contributed by atoms with Crippen LogP contribution < -0.4 is 4.90 Å². The monoisotopic (exact) mass is 312 g/mol. The Labute approximate surface area is 127 Å². The first-order valence-corrected chi connectivity index (χ1v) is 8.03. The zero-order valence-corrected chi connectivity index (χ0v) is 12.9. The number of hydrogen-bond donors (Lipinski definition) is 1. The van der Waals surface area contributed by atoms with Gasteiger partial charge < -0.3 is 10.0 Å². The quantitative estimate of drug-likeness (QED) is 0.496. The molecule has 1 N–H and O–H groups in total. The average molecular weight is 312 g/mol. The van der Waals surface area contributed by atoms with E-state index >= 15 is 0 Å². The summed E-state index contributed by atoms with van der Waals surface area (Å²) >= 11 is 1.16. The molecule has 1 heterocycles. The second kappa shape index (κ2) is 7.00. The maximum absolute atomic E-state index is 11.5. The van der Waals surface area contributed by atoms with Crippen LogP contribution in [0.5, 0.6) is 0 Å². The Hall–Kier alpha value is -1.47. The van der Waals surface area contributed by atoms with Gasteiger partial charge in [-0.1, -0.05) is 19.3 Å². The fraction of sp³-hybridized carbons (Fsp3) is 0.643. The van der Waals surface area contributed by atoms with Gasteiger partial charge in [0, 0.05) is 18.7 Å². The van der Waals surface area contributed by atoms with Crippen molar-refractivity contribution in [3.05, 3.63) is 21.1 Å². The molecule has 0 amide bonds. The van der Waals surface area contributed by atoms with Crippen molar-refractivity contribution in [3.8, 4) is 0 Å². The Bertz CT molecular complexity index is 523. The largest absolute Gasteiger partial charge is 0.395 e. The van der Waals surface area contributed by atoms with Gasteiger partial charge in [-0.2, -0.15) is 0 Å². The summed E-state index contributed by atoms with van der Waals surface area (Å²) in [5.74, 6) is -0.165. The highest BCUT2D eigenvalue weighted by molar-refractivity contribution is 7.18. The van der Waals surface area contributed by atoms with Gasteiger partial charge in [0.25, 0.3) is 0 Å². The van der Waals surface area contributed by atoms with Crippen molar-refractivity contribution >= 4 is 27.8 Å². The van der Waals surface area contributed by atoms with E-state index in [1.165, 1.54) is 19.4 Å². The average Bonchev–Trinajstić information content (AvgIpc) is 2.91. The lowest BCUT2D eigenvalue weighted by Gasteiger charge is -2.34. The number of aliphatic hydroxyl groups excluding tert-OH is 1. The first-order valence-electron chi connectivity index (χ1n) is 7.21. The van der Waals surface area contributed by atoms with E-state index in [1.54, 1.807) is 0 Å². The maximum atomic E-state index is 11.5. The predicted octanol–water partition coefficient (Wildman–Crippen LogP) is 2.99. The van der Waals surface area contributed by atoms with E-state index in [0.29, 0.717) is 16.4 Å². The summed E-state index contributed by atoms with van der Waals surface area (Å²) in [6.07, 6.45) is 5.35. The van der Waals surface area contributed by atoms with Crippen LogP contribution >= 0.6 is 11.3 Å². The third kappa shape index (κ3) is 3.59. The molecule has 1 aliphatic carbocycles. The minimum atomic E-state index is -0.439. The van der Waals surface area contributed by atoms with Crippen LogP contribution in [0, 0.1) is 10.1 Å². The van der Waals surface area contributed by atoms with Gasteiger partial charge in [0.2, 0.25) is 0 Å². The van der Waals surface area contributed by atoms with Gasteiger partial charge in [0.1, 0.15) is 0 Å². The fourth-order valence-electron chi connectivity index (χ4n) is 2.83. The van der Waals surface area contributed by atoms with E-state index in [9.17, 15) is 20.0 Å². The lowest BCUT2D eigenvalue weighted by Crippen LogP contribution is -2.38. The minimum absolute atomic E-state index is 0.0239. The van der Waals surface area contributed by atoms with Gasteiger partial charge in [-0.25, -0.2) is 0 Å². The number of anilines is 1. The summed E-state index contributed by atoms with van der Waals surface area (Å²) in [5.41, 5.74) is -0.0239. The normalized spacial score (nSPS) is 15.9. The molecule has 7 heteroatoms. The molecule has 116 valence electrons. The van der Waals surface area contributed by atoms with Gasteiger partial charge >= 0.3 is 5.69 Å². The number of aliphatic hydroxyl groups is 1. The van der Waals surface area contributed by atoms with Crippen molar-refractivity contribution in [2.45, 2.75) is 45.1 Å². The molecule has 0 atom stereocenters. The molecule has 0 aliphatic heterocycles. The van der Waals surface area contributed by atoms with Gasteiger partial charge in [-0.15, -0.1) is 11.3 Å². The van der Waals surface area contributed by atoms with E-state index < -0.39 is 4.92 Å². The van der Waals surface area contributed by atoms with Gasteiger partial charge in [-0.3, -0.25) is 14.9 Å². The van der Waals surface area contributed by atoms with Crippen LogP contribution in [0.15, 0.2) is 6.07 Å². The molecular weight excluding hydrogens is 292 g/mol. The Morgan fingerprint density at radius 1 is 1.48 bits per heavy atom. The maximum Gasteiger partial charge on any atom is 0.304 e. The van der Waals surface area contributed by atoms with Crippen LogP contribution in [0.4, 0.5) is 10.7 Å². The van der Waals surface area contributed by atoms with Gasteiger partial charge in [0.05, 0.1) is 16.4 Å². The number of rotatable bonds is 6. The molecule has 6 nitrogen and oxygen atoms in total. The molecule has 1 saturated carbocycles. The molecule has 1 aromatic rings. The molecule has 1 fully saturated rings. The number of nitro groups is 1. The molecule has 1 aromatic heterocycles. The molecule has 0 radical (unpaired) electrons. The number of carbonyl (C=O) groups is 1. The standard InChI is InChI=1S/C14H20N2O4S/c1-10(18)13-9-12(16(19)20)14(21-13)15(7-8-17)11-5-3-2-4-6-11/h9,11,17H,2-8H2,1H3. The van der Waals surface area contributed by atoms with E-state index in [4.69, 9.17) is 0 Å². The van der Waals surface area contributed by atoms with Crippen LogP contribution in [0.2, 0.25) is 0 Å². The lowest BCUT2D eigenvalue weighted by atomic mass is 9.94. The number of carbonyl (C=O) groups excluding carboxylic acids is 1. The second-order valence-corrected chi connectivity index (χ2v) is 6.35. The number of Topliss-reactive ketones (excluding diaryl/α,β-unsaturated/α-hetero) is 1. The Kier molecular flexibility index (Phi) is 5.30. The zero-order valence-electron chi connectivity index (χ0n) is 12.1. The summed E-state index contributed by atoms with van der Waals surface area (Å²) in [7, 11) is 0. The van der Waals surface area contributed by atoms with Crippen LogP contribution in [0.25, 0.3) is 0 Å². The van der Waals surface area contributed by atoms with E-state index in [2.05, 4.69) is 0 Å². The topological polar surface area (TPSA) is 83.7 Å². The highest BCUT2D eigenvalue weighted by Crippen LogP contribution is 2.40. The molecule has 0 saturated heterocycles. The Morgan fingerprint density at radius 3 is 2.67 bits per heavy atom. The van der Waals surface area contributed by atoms with Crippen molar-refractivity contribution in [1.82, 2.24) is 0 Å². The predicted molar refractivity (Wildman–Crippen MR) is 82.3 cm³/mol. The van der Waals surface area contributed by atoms with Crippen molar-refractivity contribution < 1.29 is 14.8 Å². The number of thiophene rings is 1. The summed E-state index contributed by atoms with van der Waals surface area (Å²) in [5, 5.41) is 21.1. The lowest BCUT2D eigenvalue weighted by molar-refractivity contribution is -0.383. The Balaban J connectivity index is 2.37. The van der Waals surface area contributed by atoms with Gasteiger partial charge in [-0.05, 0) is 19.8 Å². The highest BCUT2D eigenvalue weighted by Gasteiger charge is 2.30. The molecule has 0 aromatic carbocycles. The van der Waals surface area contributed by atoms with E-state index in [1.807, 2.05) is 4.90 Å².